The van der Waals surface area contributed by atoms with E-state index >= 15 is 0 Å². The van der Waals surface area contributed by atoms with E-state index in [0.717, 1.165) is 31.1 Å². The Hall–Kier alpha value is -0.640. The van der Waals surface area contributed by atoms with Crippen molar-refractivity contribution >= 4 is 12.4 Å². The second kappa shape index (κ2) is 7.39. The lowest BCUT2D eigenvalue weighted by atomic mass is 10.0. The molecule has 0 aromatic heterocycles. The molecular weight excluding hydrogens is 275 g/mol. The molecule has 1 heterocycles. The average molecular weight is 299 g/mol. The van der Waals surface area contributed by atoms with Crippen molar-refractivity contribution < 1.29 is 4.39 Å². The van der Waals surface area contributed by atoms with E-state index in [1.165, 1.54) is 32.2 Å². The summed E-state index contributed by atoms with van der Waals surface area (Å²) in [6, 6.07) is 7.80. The predicted molar refractivity (Wildman–Crippen MR) is 82.7 cm³/mol. The zero-order valence-electron chi connectivity index (χ0n) is 11.9. The summed E-state index contributed by atoms with van der Waals surface area (Å²) in [6.07, 6.45) is 5.22. The average Bonchev–Trinajstić information content (AvgIpc) is 3.25. The molecule has 1 aliphatic heterocycles. The van der Waals surface area contributed by atoms with E-state index in [0.29, 0.717) is 6.04 Å². The number of nitrogens with zero attached hydrogens (tertiary/aromatic N) is 1. The van der Waals surface area contributed by atoms with Gasteiger partial charge in [0.25, 0.3) is 0 Å². The lowest BCUT2D eigenvalue weighted by molar-refractivity contribution is 0.188. The van der Waals surface area contributed by atoms with E-state index in [1.807, 2.05) is 12.1 Å². The first kappa shape index (κ1) is 15.7. The molecule has 0 radical (unpaired) electrons. The van der Waals surface area contributed by atoms with Crippen molar-refractivity contribution in [2.24, 2.45) is 5.92 Å². The van der Waals surface area contributed by atoms with Crippen molar-refractivity contribution in [2.45, 2.75) is 38.3 Å². The van der Waals surface area contributed by atoms with Crippen LogP contribution < -0.4 is 5.32 Å². The summed E-state index contributed by atoms with van der Waals surface area (Å²) >= 11 is 0. The number of benzene rings is 1. The van der Waals surface area contributed by atoms with Crippen molar-refractivity contribution in [1.29, 1.82) is 0 Å². The van der Waals surface area contributed by atoms with E-state index in [-0.39, 0.29) is 18.2 Å². The summed E-state index contributed by atoms with van der Waals surface area (Å²) in [5, 5.41) is 3.68. The first-order chi connectivity index (χ1) is 9.31. The van der Waals surface area contributed by atoms with Crippen molar-refractivity contribution in [3.05, 3.63) is 35.6 Å². The molecule has 1 aromatic rings. The molecule has 1 saturated heterocycles. The molecule has 4 heteroatoms. The van der Waals surface area contributed by atoms with Crippen LogP contribution in [-0.2, 0) is 6.54 Å². The van der Waals surface area contributed by atoms with Gasteiger partial charge in [-0.2, -0.15) is 0 Å². The number of halogens is 2. The molecule has 2 fully saturated rings. The Morgan fingerprint density at radius 1 is 1.10 bits per heavy atom. The third-order valence-electron chi connectivity index (χ3n) is 4.33. The number of hydrogen-bond donors (Lipinski definition) is 1. The first-order valence-electron chi connectivity index (χ1n) is 7.50. The van der Waals surface area contributed by atoms with Crippen molar-refractivity contribution in [2.75, 3.05) is 19.6 Å². The molecule has 20 heavy (non-hydrogen) atoms. The number of likely N-dealkylation sites (tertiary alicyclic amines) is 1. The van der Waals surface area contributed by atoms with Crippen LogP contribution in [0.5, 0.6) is 0 Å². The highest BCUT2D eigenvalue weighted by atomic mass is 35.5. The number of nitrogens with one attached hydrogen (secondary N) is 1. The van der Waals surface area contributed by atoms with Crippen molar-refractivity contribution in [3.8, 4) is 0 Å². The molecule has 0 unspecified atom stereocenters. The molecular formula is C16H24ClFN2. The van der Waals surface area contributed by atoms with E-state index in [9.17, 15) is 4.39 Å². The van der Waals surface area contributed by atoms with Gasteiger partial charge in [0.1, 0.15) is 5.82 Å². The standard InChI is InChI=1S/C16H23FN2.ClH/c17-16-4-2-1-3-14(16)12-19-9-7-15(8-10-19)18-11-13-5-6-13;/h1-4,13,15,18H,5-12H2;1H. The minimum absolute atomic E-state index is 0. The molecule has 1 saturated carbocycles. The lowest BCUT2D eigenvalue weighted by Crippen LogP contribution is -2.42. The summed E-state index contributed by atoms with van der Waals surface area (Å²) in [7, 11) is 0. The zero-order valence-corrected chi connectivity index (χ0v) is 12.7. The smallest absolute Gasteiger partial charge is 0.127 e. The topological polar surface area (TPSA) is 15.3 Å². The third kappa shape index (κ3) is 4.44. The van der Waals surface area contributed by atoms with Gasteiger partial charge >= 0.3 is 0 Å². The Morgan fingerprint density at radius 2 is 1.80 bits per heavy atom. The van der Waals surface area contributed by atoms with Gasteiger partial charge in [0.15, 0.2) is 0 Å². The van der Waals surface area contributed by atoms with Crippen LogP contribution in [0, 0.1) is 11.7 Å². The fraction of sp³-hybridized carbons (Fsp3) is 0.625. The fourth-order valence-corrected chi connectivity index (χ4v) is 2.82. The van der Waals surface area contributed by atoms with Crippen LogP contribution in [-0.4, -0.2) is 30.6 Å². The normalized spacial score (nSPS) is 20.6. The molecule has 2 nitrogen and oxygen atoms in total. The van der Waals surface area contributed by atoms with Crippen LogP contribution in [0.3, 0.4) is 0 Å². The molecule has 1 aromatic carbocycles. The largest absolute Gasteiger partial charge is 0.314 e. The minimum atomic E-state index is -0.0727. The van der Waals surface area contributed by atoms with Gasteiger partial charge in [-0.05, 0) is 57.3 Å². The SMILES string of the molecule is Cl.Fc1ccccc1CN1CCC(NCC2CC2)CC1. The number of rotatable bonds is 5. The van der Waals surface area contributed by atoms with Gasteiger partial charge < -0.3 is 5.32 Å². The minimum Gasteiger partial charge on any atom is -0.314 e. The number of hydrogen-bond acceptors (Lipinski definition) is 2. The summed E-state index contributed by atoms with van der Waals surface area (Å²) < 4.78 is 13.6. The van der Waals surface area contributed by atoms with Gasteiger partial charge in [0.05, 0.1) is 0 Å². The molecule has 1 N–H and O–H groups in total. The molecule has 0 atom stereocenters. The highest BCUT2D eigenvalue weighted by Crippen LogP contribution is 2.28. The van der Waals surface area contributed by atoms with Crippen LogP contribution in [0.15, 0.2) is 24.3 Å². The van der Waals surface area contributed by atoms with E-state index in [2.05, 4.69) is 10.2 Å². The molecule has 3 rings (SSSR count). The van der Waals surface area contributed by atoms with E-state index in [4.69, 9.17) is 0 Å². The Labute approximate surface area is 127 Å². The maximum Gasteiger partial charge on any atom is 0.127 e. The van der Waals surface area contributed by atoms with Crippen LogP contribution >= 0.6 is 12.4 Å². The zero-order chi connectivity index (χ0) is 13.1. The molecule has 0 amide bonds. The summed E-state index contributed by atoms with van der Waals surface area (Å²) in [5.41, 5.74) is 0.826. The molecule has 112 valence electrons. The van der Waals surface area contributed by atoms with Crippen LogP contribution in [0.4, 0.5) is 4.39 Å². The fourth-order valence-electron chi connectivity index (χ4n) is 2.82. The summed E-state index contributed by atoms with van der Waals surface area (Å²) in [4.78, 5) is 2.37. The monoisotopic (exact) mass is 298 g/mol. The maximum atomic E-state index is 13.6. The van der Waals surface area contributed by atoms with Gasteiger partial charge in [-0.15, -0.1) is 12.4 Å². The Bertz CT molecular complexity index is 415. The molecule has 1 aliphatic carbocycles. The molecule has 0 spiro atoms. The van der Waals surface area contributed by atoms with Gasteiger partial charge in [-0.3, -0.25) is 4.90 Å². The second-order valence-electron chi connectivity index (χ2n) is 5.99. The quantitative estimate of drug-likeness (QED) is 0.898. The first-order valence-corrected chi connectivity index (χ1v) is 7.50. The number of piperidine rings is 1. The van der Waals surface area contributed by atoms with E-state index in [1.54, 1.807) is 12.1 Å². The van der Waals surface area contributed by atoms with Crippen LogP contribution in [0.2, 0.25) is 0 Å². The van der Waals surface area contributed by atoms with E-state index < -0.39 is 0 Å². The van der Waals surface area contributed by atoms with Crippen LogP contribution in [0.1, 0.15) is 31.2 Å². The molecule has 2 aliphatic rings. The summed E-state index contributed by atoms with van der Waals surface area (Å²) in [6.45, 7) is 4.12. The van der Waals surface area contributed by atoms with Gasteiger partial charge in [-0.25, -0.2) is 4.39 Å². The Morgan fingerprint density at radius 3 is 2.45 bits per heavy atom. The lowest BCUT2D eigenvalue weighted by Gasteiger charge is -2.32. The van der Waals surface area contributed by atoms with Crippen molar-refractivity contribution in [3.63, 3.8) is 0 Å². The van der Waals surface area contributed by atoms with Gasteiger partial charge in [0.2, 0.25) is 0 Å². The Balaban J connectivity index is 0.00000147. The predicted octanol–water partition coefficient (Wildman–Crippen LogP) is 3.21. The maximum absolute atomic E-state index is 13.6. The van der Waals surface area contributed by atoms with Gasteiger partial charge in [0, 0.05) is 18.2 Å². The van der Waals surface area contributed by atoms with Crippen LogP contribution in [0.25, 0.3) is 0 Å². The van der Waals surface area contributed by atoms with Gasteiger partial charge in [-0.1, -0.05) is 18.2 Å². The summed E-state index contributed by atoms with van der Waals surface area (Å²) in [5.74, 6) is 0.882. The highest BCUT2D eigenvalue weighted by molar-refractivity contribution is 5.85. The highest BCUT2D eigenvalue weighted by Gasteiger charge is 2.24. The van der Waals surface area contributed by atoms with Crippen molar-refractivity contribution in [1.82, 2.24) is 10.2 Å². The third-order valence-corrected chi connectivity index (χ3v) is 4.33. The molecule has 0 bridgehead atoms. The Kier molecular flexibility index (Phi) is 5.82. The second-order valence-corrected chi connectivity index (χ2v) is 5.99.